The Morgan fingerprint density at radius 2 is 1.90 bits per heavy atom. The Morgan fingerprint density at radius 3 is 2.60 bits per heavy atom. The SMILES string of the molecule is COc1ccccc1N1CCN(CCC2CCC(NC(=O)CCCC#N)CC2)CC1. The molecule has 1 amide bonds. The summed E-state index contributed by atoms with van der Waals surface area (Å²) in [4.78, 5) is 17.0. The Kier molecular flexibility index (Phi) is 8.82. The molecule has 6 nitrogen and oxygen atoms in total. The Morgan fingerprint density at radius 1 is 1.17 bits per heavy atom. The van der Waals surface area contributed by atoms with Crippen LogP contribution in [0.15, 0.2) is 24.3 Å². The summed E-state index contributed by atoms with van der Waals surface area (Å²) in [6.07, 6.45) is 7.49. The van der Waals surface area contributed by atoms with Crippen molar-refractivity contribution >= 4 is 11.6 Å². The monoisotopic (exact) mass is 412 g/mol. The van der Waals surface area contributed by atoms with Crippen molar-refractivity contribution in [3.05, 3.63) is 24.3 Å². The third-order valence-corrected chi connectivity index (χ3v) is 6.56. The number of anilines is 1. The van der Waals surface area contributed by atoms with Crippen molar-refractivity contribution in [2.45, 2.75) is 57.4 Å². The lowest BCUT2D eigenvalue weighted by Crippen LogP contribution is -2.47. The summed E-state index contributed by atoms with van der Waals surface area (Å²) >= 11 is 0. The molecule has 1 N–H and O–H groups in total. The Hall–Kier alpha value is -2.26. The van der Waals surface area contributed by atoms with E-state index >= 15 is 0 Å². The van der Waals surface area contributed by atoms with Crippen LogP contribution in [-0.4, -0.2) is 56.7 Å². The van der Waals surface area contributed by atoms with Gasteiger partial charge in [-0.15, -0.1) is 0 Å². The van der Waals surface area contributed by atoms with Gasteiger partial charge in [0.1, 0.15) is 5.75 Å². The molecular formula is C24H36N4O2. The maximum atomic E-state index is 11.9. The smallest absolute Gasteiger partial charge is 0.220 e. The average Bonchev–Trinajstić information content (AvgIpc) is 2.79. The topological polar surface area (TPSA) is 68.6 Å². The molecule has 1 saturated carbocycles. The molecule has 1 aliphatic carbocycles. The molecule has 0 bridgehead atoms. The number of nitrogens with zero attached hydrogens (tertiary/aromatic N) is 3. The van der Waals surface area contributed by atoms with Gasteiger partial charge in [0.15, 0.2) is 0 Å². The predicted molar refractivity (Wildman–Crippen MR) is 120 cm³/mol. The van der Waals surface area contributed by atoms with Crippen LogP contribution in [0.2, 0.25) is 0 Å². The van der Waals surface area contributed by atoms with Crippen LogP contribution in [0.25, 0.3) is 0 Å². The summed E-state index contributed by atoms with van der Waals surface area (Å²) in [5, 5.41) is 11.7. The highest BCUT2D eigenvalue weighted by Gasteiger charge is 2.24. The number of piperazine rings is 1. The van der Waals surface area contributed by atoms with Gasteiger partial charge in [-0.2, -0.15) is 5.26 Å². The van der Waals surface area contributed by atoms with Gasteiger partial charge >= 0.3 is 0 Å². The number of carbonyl (C=O) groups is 1. The number of rotatable bonds is 9. The minimum absolute atomic E-state index is 0.113. The second kappa shape index (κ2) is 11.8. The van der Waals surface area contributed by atoms with Crippen molar-refractivity contribution in [3.63, 3.8) is 0 Å². The van der Waals surface area contributed by atoms with Crippen molar-refractivity contribution in [2.24, 2.45) is 5.92 Å². The molecule has 6 heteroatoms. The molecule has 1 aromatic carbocycles. The lowest BCUT2D eigenvalue weighted by Gasteiger charge is -2.37. The lowest BCUT2D eigenvalue weighted by atomic mass is 9.84. The zero-order valence-corrected chi connectivity index (χ0v) is 18.3. The molecule has 1 saturated heterocycles. The van der Waals surface area contributed by atoms with E-state index in [1.54, 1.807) is 7.11 Å². The summed E-state index contributed by atoms with van der Waals surface area (Å²) in [6.45, 7) is 5.48. The molecule has 164 valence electrons. The third-order valence-electron chi connectivity index (χ3n) is 6.56. The Bertz CT molecular complexity index is 701. The number of nitriles is 1. The second-order valence-corrected chi connectivity index (χ2v) is 8.59. The molecule has 30 heavy (non-hydrogen) atoms. The summed E-state index contributed by atoms with van der Waals surface area (Å²) in [7, 11) is 1.74. The van der Waals surface area contributed by atoms with Crippen LogP contribution in [0.3, 0.4) is 0 Å². The van der Waals surface area contributed by atoms with E-state index in [4.69, 9.17) is 10.00 Å². The van der Waals surface area contributed by atoms with Crippen molar-refractivity contribution in [2.75, 3.05) is 44.7 Å². The molecule has 1 heterocycles. The van der Waals surface area contributed by atoms with Gasteiger partial charge in [-0.1, -0.05) is 12.1 Å². The summed E-state index contributed by atoms with van der Waals surface area (Å²) in [6, 6.07) is 10.7. The first kappa shape index (κ1) is 22.4. The van der Waals surface area contributed by atoms with Crippen molar-refractivity contribution in [1.82, 2.24) is 10.2 Å². The molecule has 1 aromatic rings. The normalized spacial score (nSPS) is 22.3. The first-order valence-corrected chi connectivity index (χ1v) is 11.5. The van der Waals surface area contributed by atoms with Crippen molar-refractivity contribution in [1.29, 1.82) is 5.26 Å². The fourth-order valence-corrected chi connectivity index (χ4v) is 4.69. The van der Waals surface area contributed by atoms with E-state index in [1.807, 2.05) is 12.1 Å². The maximum Gasteiger partial charge on any atom is 0.220 e. The molecule has 2 fully saturated rings. The van der Waals surface area contributed by atoms with Crippen molar-refractivity contribution < 1.29 is 9.53 Å². The fourth-order valence-electron chi connectivity index (χ4n) is 4.69. The number of para-hydroxylation sites is 2. The number of benzene rings is 1. The second-order valence-electron chi connectivity index (χ2n) is 8.59. The van der Waals surface area contributed by atoms with Gasteiger partial charge in [0.2, 0.25) is 5.91 Å². The van der Waals surface area contributed by atoms with E-state index in [9.17, 15) is 4.79 Å². The highest BCUT2D eigenvalue weighted by atomic mass is 16.5. The predicted octanol–water partition coefficient (Wildman–Crippen LogP) is 3.58. The zero-order valence-electron chi connectivity index (χ0n) is 18.3. The number of carbonyl (C=O) groups excluding carboxylic acids is 1. The van der Waals surface area contributed by atoms with Gasteiger partial charge in [0, 0.05) is 45.1 Å². The van der Waals surface area contributed by atoms with Crippen LogP contribution >= 0.6 is 0 Å². The lowest BCUT2D eigenvalue weighted by molar-refractivity contribution is -0.122. The first-order valence-electron chi connectivity index (χ1n) is 11.5. The Balaban J connectivity index is 1.31. The van der Waals surface area contributed by atoms with Crippen LogP contribution in [0, 0.1) is 17.2 Å². The minimum atomic E-state index is 0.113. The van der Waals surface area contributed by atoms with E-state index in [-0.39, 0.29) is 5.91 Å². The van der Waals surface area contributed by atoms with E-state index in [0.717, 1.165) is 50.7 Å². The van der Waals surface area contributed by atoms with Crippen molar-refractivity contribution in [3.8, 4) is 11.8 Å². The van der Waals surface area contributed by atoms with Gasteiger partial charge in [-0.25, -0.2) is 0 Å². The molecule has 1 aliphatic heterocycles. The molecule has 0 radical (unpaired) electrons. The van der Waals surface area contributed by atoms with Crippen LogP contribution in [-0.2, 0) is 4.79 Å². The molecule has 0 aromatic heterocycles. The van der Waals surface area contributed by atoms with Gasteiger partial charge in [-0.05, 0) is 63.1 Å². The Labute approximate surface area is 181 Å². The highest BCUT2D eigenvalue weighted by molar-refractivity contribution is 5.76. The average molecular weight is 413 g/mol. The standard InChI is InChI=1S/C24H36N4O2/c1-30-23-7-3-2-6-22(23)28-18-16-27(17-19-28)15-13-20-9-11-21(12-10-20)26-24(29)8-4-5-14-25/h2-3,6-7,20-21H,4-5,8-13,15-19H2,1H3,(H,26,29). The van der Waals surface area contributed by atoms with Crippen LogP contribution in [0.1, 0.15) is 51.4 Å². The van der Waals surface area contributed by atoms with Gasteiger partial charge < -0.3 is 15.0 Å². The largest absolute Gasteiger partial charge is 0.495 e. The maximum absolute atomic E-state index is 11.9. The number of amides is 1. The molecule has 0 unspecified atom stereocenters. The summed E-state index contributed by atoms with van der Waals surface area (Å²) in [5.41, 5.74) is 1.20. The minimum Gasteiger partial charge on any atom is -0.495 e. The van der Waals surface area contributed by atoms with Crippen LogP contribution < -0.4 is 15.0 Å². The van der Waals surface area contributed by atoms with E-state index in [2.05, 4.69) is 33.3 Å². The third kappa shape index (κ3) is 6.63. The highest BCUT2D eigenvalue weighted by Crippen LogP contribution is 2.29. The number of unbranched alkanes of at least 4 members (excludes halogenated alkanes) is 1. The first-order chi connectivity index (χ1) is 14.7. The van der Waals surface area contributed by atoms with E-state index in [0.29, 0.717) is 25.3 Å². The van der Waals surface area contributed by atoms with Gasteiger partial charge in [0.05, 0.1) is 18.9 Å². The summed E-state index contributed by atoms with van der Waals surface area (Å²) in [5.74, 6) is 1.85. The number of methoxy groups -OCH3 is 1. The number of hydrogen-bond donors (Lipinski definition) is 1. The molecule has 2 aliphatic rings. The van der Waals surface area contributed by atoms with Crippen LogP contribution in [0.4, 0.5) is 5.69 Å². The molecule has 0 atom stereocenters. The zero-order chi connectivity index (χ0) is 21.2. The molecule has 3 rings (SSSR count). The van der Waals surface area contributed by atoms with E-state index in [1.165, 1.54) is 31.5 Å². The summed E-state index contributed by atoms with van der Waals surface area (Å²) < 4.78 is 5.51. The quantitative estimate of drug-likeness (QED) is 0.628. The van der Waals surface area contributed by atoms with Gasteiger partial charge in [0.25, 0.3) is 0 Å². The number of ether oxygens (including phenoxy) is 1. The van der Waals surface area contributed by atoms with Gasteiger partial charge in [-0.3, -0.25) is 9.69 Å². The van der Waals surface area contributed by atoms with Crippen LogP contribution in [0.5, 0.6) is 5.75 Å². The van der Waals surface area contributed by atoms with E-state index < -0.39 is 0 Å². The molecular weight excluding hydrogens is 376 g/mol. The fraction of sp³-hybridized carbons (Fsp3) is 0.667. The molecule has 0 spiro atoms. The number of nitrogens with one attached hydrogen (secondary N) is 1. The number of hydrogen-bond acceptors (Lipinski definition) is 5.